The standard InChI is InChI=1S/C18H19NO/c1-3-19(17-12-8-7-9-15(17)2)18(20)14-13-16-10-5-4-6-11-16/h4-14H,3H2,1-2H3/b14-13+. The predicted octanol–water partition coefficient (Wildman–Crippen LogP) is 4.06. The third kappa shape index (κ3) is 3.35. The van der Waals surface area contributed by atoms with Gasteiger partial charge in [-0.1, -0.05) is 48.5 Å². The SMILES string of the molecule is CCN(C(=O)/C=C/c1ccccc1)c1ccccc1C. The molecule has 0 spiro atoms. The minimum absolute atomic E-state index is 0.00523. The number of amides is 1. The number of rotatable bonds is 4. The van der Waals surface area contributed by atoms with Crippen molar-refractivity contribution in [3.63, 3.8) is 0 Å². The molecule has 0 aliphatic rings. The van der Waals surface area contributed by atoms with E-state index in [-0.39, 0.29) is 5.91 Å². The molecule has 0 heterocycles. The van der Waals surface area contributed by atoms with Gasteiger partial charge in [0.1, 0.15) is 0 Å². The van der Waals surface area contributed by atoms with Crippen LogP contribution in [0.2, 0.25) is 0 Å². The second-order valence-corrected chi connectivity index (χ2v) is 4.61. The maximum Gasteiger partial charge on any atom is 0.250 e. The summed E-state index contributed by atoms with van der Waals surface area (Å²) in [5, 5.41) is 0. The smallest absolute Gasteiger partial charge is 0.250 e. The topological polar surface area (TPSA) is 20.3 Å². The van der Waals surface area contributed by atoms with Crippen LogP contribution in [-0.2, 0) is 4.79 Å². The highest BCUT2D eigenvalue weighted by Crippen LogP contribution is 2.19. The van der Waals surface area contributed by atoms with Crippen molar-refractivity contribution in [1.29, 1.82) is 0 Å². The summed E-state index contributed by atoms with van der Waals surface area (Å²) in [6, 6.07) is 17.8. The van der Waals surface area contributed by atoms with Gasteiger partial charge in [0.2, 0.25) is 0 Å². The Labute approximate surface area is 120 Å². The summed E-state index contributed by atoms with van der Waals surface area (Å²) in [5.74, 6) is 0.00523. The van der Waals surface area contributed by atoms with Gasteiger partial charge in [-0.2, -0.15) is 0 Å². The van der Waals surface area contributed by atoms with Crippen LogP contribution < -0.4 is 4.90 Å². The Morgan fingerprint density at radius 2 is 1.70 bits per heavy atom. The first kappa shape index (κ1) is 14.1. The van der Waals surface area contributed by atoms with Crippen molar-refractivity contribution in [2.24, 2.45) is 0 Å². The number of aryl methyl sites for hydroxylation is 1. The lowest BCUT2D eigenvalue weighted by Crippen LogP contribution is -2.29. The van der Waals surface area contributed by atoms with Crippen LogP contribution in [-0.4, -0.2) is 12.5 Å². The van der Waals surface area contributed by atoms with E-state index in [1.54, 1.807) is 11.0 Å². The molecule has 0 saturated carbocycles. The molecule has 0 aromatic heterocycles. The van der Waals surface area contributed by atoms with E-state index >= 15 is 0 Å². The highest BCUT2D eigenvalue weighted by Gasteiger charge is 2.12. The average Bonchev–Trinajstić information content (AvgIpc) is 2.49. The number of nitrogens with zero attached hydrogens (tertiary/aromatic N) is 1. The zero-order chi connectivity index (χ0) is 14.4. The van der Waals surface area contributed by atoms with Crippen molar-refractivity contribution in [2.75, 3.05) is 11.4 Å². The van der Waals surface area contributed by atoms with Gasteiger partial charge in [0, 0.05) is 18.3 Å². The highest BCUT2D eigenvalue weighted by molar-refractivity contribution is 6.04. The monoisotopic (exact) mass is 265 g/mol. The van der Waals surface area contributed by atoms with Crippen molar-refractivity contribution in [3.05, 3.63) is 71.8 Å². The summed E-state index contributed by atoms with van der Waals surface area (Å²) < 4.78 is 0. The van der Waals surface area contributed by atoms with Crippen LogP contribution in [0.4, 0.5) is 5.69 Å². The number of carbonyl (C=O) groups is 1. The van der Waals surface area contributed by atoms with Crippen LogP contribution in [0.15, 0.2) is 60.7 Å². The predicted molar refractivity (Wildman–Crippen MR) is 84.7 cm³/mol. The second kappa shape index (κ2) is 6.71. The van der Waals surface area contributed by atoms with Gasteiger partial charge < -0.3 is 4.90 Å². The van der Waals surface area contributed by atoms with E-state index in [2.05, 4.69) is 0 Å². The maximum atomic E-state index is 12.3. The largest absolute Gasteiger partial charge is 0.309 e. The minimum atomic E-state index is 0.00523. The molecule has 1 amide bonds. The molecular weight excluding hydrogens is 246 g/mol. The molecule has 0 aliphatic heterocycles. The van der Waals surface area contributed by atoms with Gasteiger partial charge in [-0.3, -0.25) is 4.79 Å². The summed E-state index contributed by atoms with van der Waals surface area (Å²) in [5.41, 5.74) is 3.11. The lowest BCUT2D eigenvalue weighted by molar-refractivity contribution is -0.114. The van der Waals surface area contributed by atoms with Crippen LogP contribution in [0.1, 0.15) is 18.1 Å². The lowest BCUT2D eigenvalue weighted by Gasteiger charge is -2.21. The van der Waals surface area contributed by atoms with Gasteiger partial charge in [-0.15, -0.1) is 0 Å². The van der Waals surface area contributed by atoms with Crippen molar-refractivity contribution in [1.82, 2.24) is 0 Å². The molecule has 0 saturated heterocycles. The second-order valence-electron chi connectivity index (χ2n) is 4.61. The Morgan fingerprint density at radius 1 is 1.05 bits per heavy atom. The fourth-order valence-electron chi connectivity index (χ4n) is 2.13. The van der Waals surface area contributed by atoms with E-state index in [0.29, 0.717) is 6.54 Å². The molecule has 0 aliphatic carbocycles. The molecule has 20 heavy (non-hydrogen) atoms. The minimum Gasteiger partial charge on any atom is -0.309 e. The Morgan fingerprint density at radius 3 is 2.35 bits per heavy atom. The van der Waals surface area contributed by atoms with Crippen LogP contribution >= 0.6 is 0 Å². The summed E-state index contributed by atoms with van der Waals surface area (Å²) in [6.07, 6.45) is 3.48. The van der Waals surface area contributed by atoms with E-state index in [9.17, 15) is 4.79 Å². The Kier molecular flexibility index (Phi) is 4.72. The zero-order valence-electron chi connectivity index (χ0n) is 11.9. The molecule has 0 bridgehead atoms. The van der Waals surface area contributed by atoms with Gasteiger partial charge in [0.05, 0.1) is 0 Å². The molecule has 0 radical (unpaired) electrons. The van der Waals surface area contributed by atoms with Crippen LogP contribution in [0.25, 0.3) is 6.08 Å². The van der Waals surface area contributed by atoms with Crippen molar-refractivity contribution >= 4 is 17.7 Å². The van der Waals surface area contributed by atoms with Crippen molar-refractivity contribution in [2.45, 2.75) is 13.8 Å². The normalized spacial score (nSPS) is 10.7. The number of likely N-dealkylation sites (N-methyl/N-ethyl adjacent to an activating group) is 1. The maximum absolute atomic E-state index is 12.3. The summed E-state index contributed by atoms with van der Waals surface area (Å²) in [7, 11) is 0. The molecule has 2 aromatic rings. The molecule has 0 unspecified atom stereocenters. The quantitative estimate of drug-likeness (QED) is 0.763. The zero-order valence-corrected chi connectivity index (χ0v) is 11.9. The molecule has 2 nitrogen and oxygen atoms in total. The number of carbonyl (C=O) groups excluding carboxylic acids is 1. The van der Waals surface area contributed by atoms with E-state index in [4.69, 9.17) is 0 Å². The molecule has 0 fully saturated rings. The first-order chi connectivity index (χ1) is 9.72. The highest BCUT2D eigenvalue weighted by atomic mass is 16.2. The number of hydrogen-bond donors (Lipinski definition) is 0. The number of hydrogen-bond acceptors (Lipinski definition) is 1. The van der Waals surface area contributed by atoms with E-state index in [1.165, 1.54) is 0 Å². The molecule has 0 atom stereocenters. The van der Waals surface area contributed by atoms with Gasteiger partial charge >= 0.3 is 0 Å². The van der Waals surface area contributed by atoms with Crippen LogP contribution in [0.5, 0.6) is 0 Å². The number of anilines is 1. The average molecular weight is 265 g/mol. The van der Waals surface area contributed by atoms with Gasteiger partial charge in [0.15, 0.2) is 0 Å². The molecule has 102 valence electrons. The van der Waals surface area contributed by atoms with E-state index < -0.39 is 0 Å². The lowest BCUT2D eigenvalue weighted by atomic mass is 10.1. The van der Waals surface area contributed by atoms with Crippen LogP contribution in [0.3, 0.4) is 0 Å². The van der Waals surface area contributed by atoms with Crippen molar-refractivity contribution in [3.8, 4) is 0 Å². The fraction of sp³-hybridized carbons (Fsp3) is 0.167. The molecule has 2 aromatic carbocycles. The van der Waals surface area contributed by atoms with E-state index in [0.717, 1.165) is 16.8 Å². The van der Waals surface area contributed by atoms with Crippen LogP contribution in [0, 0.1) is 6.92 Å². The third-order valence-corrected chi connectivity index (χ3v) is 3.21. The molecule has 0 N–H and O–H groups in total. The Bertz CT molecular complexity index is 602. The fourth-order valence-corrected chi connectivity index (χ4v) is 2.13. The van der Waals surface area contributed by atoms with Gasteiger partial charge in [-0.05, 0) is 37.1 Å². The molecule has 2 heteroatoms. The summed E-state index contributed by atoms with van der Waals surface area (Å²) in [4.78, 5) is 14.1. The third-order valence-electron chi connectivity index (χ3n) is 3.21. The van der Waals surface area contributed by atoms with Gasteiger partial charge in [0.25, 0.3) is 5.91 Å². The van der Waals surface area contributed by atoms with Crippen molar-refractivity contribution < 1.29 is 4.79 Å². The van der Waals surface area contributed by atoms with E-state index in [1.807, 2.05) is 74.5 Å². The Hall–Kier alpha value is -2.35. The summed E-state index contributed by atoms with van der Waals surface area (Å²) in [6.45, 7) is 4.66. The first-order valence-corrected chi connectivity index (χ1v) is 6.82. The Balaban J connectivity index is 2.18. The molecular formula is C18H19NO. The molecule has 2 rings (SSSR count). The van der Waals surface area contributed by atoms with Gasteiger partial charge in [-0.25, -0.2) is 0 Å². The summed E-state index contributed by atoms with van der Waals surface area (Å²) >= 11 is 0. The first-order valence-electron chi connectivity index (χ1n) is 6.82. The number of para-hydroxylation sites is 1. The number of benzene rings is 2.